The standard InChI is InChI=1S/C16H15BrN6O6/c1-3-21-8-11(13(19-21)16(25)28-2)18-15(24)12-5-4-9(29-12)6-22-7-10(17)14(20-22)23(26)27/h4-5,7-8H,3,6H2,1-2H3,(H,18,24). The Morgan fingerprint density at radius 1 is 1.31 bits per heavy atom. The van der Waals surface area contributed by atoms with Crippen LogP contribution in [0.25, 0.3) is 0 Å². The first-order valence-corrected chi connectivity index (χ1v) is 9.04. The van der Waals surface area contributed by atoms with Crippen LogP contribution >= 0.6 is 15.9 Å². The van der Waals surface area contributed by atoms with Crippen LogP contribution in [0.4, 0.5) is 11.5 Å². The summed E-state index contributed by atoms with van der Waals surface area (Å²) >= 11 is 3.06. The SMILES string of the molecule is CCn1cc(NC(=O)c2ccc(Cn3cc(Br)c([N+](=O)[O-])n3)o2)c(C(=O)OC)n1. The van der Waals surface area contributed by atoms with Crippen molar-refractivity contribution in [2.45, 2.75) is 20.0 Å². The number of ether oxygens (including phenoxy) is 1. The highest BCUT2D eigenvalue weighted by atomic mass is 79.9. The minimum atomic E-state index is -0.682. The molecule has 29 heavy (non-hydrogen) atoms. The fourth-order valence-electron chi connectivity index (χ4n) is 2.44. The highest BCUT2D eigenvalue weighted by molar-refractivity contribution is 9.10. The Morgan fingerprint density at radius 2 is 2.07 bits per heavy atom. The molecule has 0 saturated carbocycles. The van der Waals surface area contributed by atoms with Crippen LogP contribution in [0.5, 0.6) is 0 Å². The van der Waals surface area contributed by atoms with E-state index in [4.69, 9.17) is 4.42 Å². The topological polar surface area (TPSA) is 147 Å². The Kier molecular flexibility index (Phi) is 5.77. The highest BCUT2D eigenvalue weighted by Crippen LogP contribution is 2.23. The summed E-state index contributed by atoms with van der Waals surface area (Å²) in [5.41, 5.74) is 0.163. The molecule has 0 aliphatic heterocycles. The number of carbonyl (C=O) groups is 2. The van der Waals surface area contributed by atoms with Crippen molar-refractivity contribution >= 4 is 39.3 Å². The number of nitrogens with one attached hydrogen (secondary N) is 1. The van der Waals surface area contributed by atoms with Crippen molar-refractivity contribution in [2.24, 2.45) is 0 Å². The van der Waals surface area contributed by atoms with E-state index in [-0.39, 0.29) is 34.0 Å². The van der Waals surface area contributed by atoms with Crippen LogP contribution in [0.2, 0.25) is 0 Å². The van der Waals surface area contributed by atoms with Crippen LogP contribution in [0, 0.1) is 10.1 Å². The average molecular weight is 467 g/mol. The Hall–Kier alpha value is -3.48. The maximum atomic E-state index is 12.5. The predicted octanol–water partition coefficient (Wildman–Crippen LogP) is 2.45. The molecule has 0 radical (unpaired) electrons. The van der Waals surface area contributed by atoms with Crippen molar-refractivity contribution in [3.8, 4) is 0 Å². The van der Waals surface area contributed by atoms with Gasteiger partial charge in [0.25, 0.3) is 5.91 Å². The summed E-state index contributed by atoms with van der Waals surface area (Å²) < 4.78 is 13.2. The number of halogens is 1. The van der Waals surface area contributed by atoms with Gasteiger partial charge in [0, 0.05) is 12.7 Å². The predicted molar refractivity (Wildman–Crippen MR) is 102 cm³/mol. The van der Waals surface area contributed by atoms with E-state index < -0.39 is 16.8 Å². The van der Waals surface area contributed by atoms with Gasteiger partial charge in [-0.1, -0.05) is 0 Å². The number of rotatable bonds is 7. The normalized spacial score (nSPS) is 10.7. The first-order chi connectivity index (χ1) is 13.8. The summed E-state index contributed by atoms with van der Waals surface area (Å²) in [6.45, 7) is 2.41. The summed E-state index contributed by atoms with van der Waals surface area (Å²) in [6, 6.07) is 2.99. The number of amides is 1. The third-order valence-electron chi connectivity index (χ3n) is 3.79. The molecule has 0 aliphatic carbocycles. The molecule has 152 valence electrons. The van der Waals surface area contributed by atoms with Crippen molar-refractivity contribution < 1.29 is 23.7 Å². The van der Waals surface area contributed by atoms with E-state index in [1.807, 2.05) is 6.92 Å². The van der Waals surface area contributed by atoms with Gasteiger partial charge in [0.2, 0.25) is 0 Å². The van der Waals surface area contributed by atoms with Crippen molar-refractivity contribution in [1.82, 2.24) is 19.6 Å². The number of hydrogen-bond acceptors (Lipinski definition) is 8. The van der Waals surface area contributed by atoms with E-state index in [2.05, 4.69) is 36.2 Å². The molecule has 13 heteroatoms. The number of nitrogens with zero attached hydrogens (tertiary/aromatic N) is 5. The average Bonchev–Trinajstić information content (AvgIpc) is 3.40. The molecular weight excluding hydrogens is 452 g/mol. The smallest absolute Gasteiger partial charge is 0.404 e. The number of hydrogen-bond donors (Lipinski definition) is 1. The summed E-state index contributed by atoms with van der Waals surface area (Å²) in [7, 11) is 1.22. The molecule has 12 nitrogen and oxygen atoms in total. The molecule has 0 unspecified atom stereocenters. The summed E-state index contributed by atoms with van der Waals surface area (Å²) in [4.78, 5) is 34.6. The quantitative estimate of drug-likeness (QED) is 0.317. The van der Waals surface area contributed by atoms with E-state index in [1.165, 1.54) is 34.9 Å². The Balaban J connectivity index is 1.75. The lowest BCUT2D eigenvalue weighted by atomic mass is 10.3. The molecule has 0 bridgehead atoms. The maximum absolute atomic E-state index is 12.5. The number of furan rings is 1. The fourth-order valence-corrected chi connectivity index (χ4v) is 2.90. The van der Waals surface area contributed by atoms with E-state index >= 15 is 0 Å². The zero-order valence-corrected chi connectivity index (χ0v) is 16.9. The molecule has 1 N–H and O–H groups in total. The largest absolute Gasteiger partial charge is 0.464 e. The number of aromatic nitrogens is 4. The first-order valence-electron chi connectivity index (χ1n) is 8.25. The van der Waals surface area contributed by atoms with Gasteiger partial charge in [-0.15, -0.1) is 0 Å². The molecule has 0 fully saturated rings. The van der Waals surface area contributed by atoms with Gasteiger partial charge in [0.15, 0.2) is 11.5 Å². The molecule has 0 spiro atoms. The molecule has 0 aliphatic rings. The third-order valence-corrected chi connectivity index (χ3v) is 4.35. The molecule has 0 saturated heterocycles. The van der Waals surface area contributed by atoms with E-state index in [1.54, 1.807) is 6.07 Å². The number of methoxy groups -OCH3 is 1. The lowest BCUT2D eigenvalue weighted by Gasteiger charge is -2.02. The Morgan fingerprint density at radius 3 is 2.69 bits per heavy atom. The van der Waals surface area contributed by atoms with Crippen molar-refractivity contribution in [1.29, 1.82) is 0 Å². The van der Waals surface area contributed by atoms with Gasteiger partial charge in [-0.3, -0.25) is 9.48 Å². The molecule has 3 heterocycles. The van der Waals surface area contributed by atoms with Crippen LogP contribution in [0.3, 0.4) is 0 Å². The summed E-state index contributed by atoms with van der Waals surface area (Å²) in [5.74, 6) is -1.25. The van der Waals surface area contributed by atoms with Crippen LogP contribution in [-0.2, 0) is 17.8 Å². The number of carbonyl (C=O) groups excluding carboxylic acids is 2. The molecule has 3 aromatic rings. The van der Waals surface area contributed by atoms with Gasteiger partial charge in [-0.05, 0) is 39.9 Å². The number of nitro groups is 1. The van der Waals surface area contributed by atoms with Gasteiger partial charge < -0.3 is 24.6 Å². The summed E-state index contributed by atoms with van der Waals surface area (Å²) in [6.07, 6.45) is 2.94. The zero-order chi connectivity index (χ0) is 21.1. The van der Waals surface area contributed by atoms with Gasteiger partial charge in [-0.2, -0.15) is 9.78 Å². The summed E-state index contributed by atoms with van der Waals surface area (Å²) in [5, 5.41) is 21.3. The minimum Gasteiger partial charge on any atom is -0.464 e. The Bertz CT molecular complexity index is 1080. The first kappa shape index (κ1) is 20.3. The van der Waals surface area contributed by atoms with Gasteiger partial charge in [-0.25, -0.2) is 4.79 Å². The second-order valence-electron chi connectivity index (χ2n) is 5.71. The van der Waals surface area contributed by atoms with Gasteiger partial charge in [0.1, 0.15) is 16.8 Å². The lowest BCUT2D eigenvalue weighted by Crippen LogP contribution is -2.14. The van der Waals surface area contributed by atoms with Crippen LogP contribution in [-0.4, -0.2) is 43.5 Å². The molecule has 3 rings (SSSR count). The third kappa shape index (κ3) is 4.34. The molecule has 3 aromatic heterocycles. The molecular formula is C16H15BrN6O6. The molecule has 0 aromatic carbocycles. The van der Waals surface area contributed by atoms with Crippen molar-refractivity contribution in [3.63, 3.8) is 0 Å². The Labute approximate surface area is 171 Å². The minimum absolute atomic E-state index is 0.0132. The maximum Gasteiger partial charge on any atom is 0.404 e. The lowest BCUT2D eigenvalue weighted by molar-refractivity contribution is -0.390. The highest BCUT2D eigenvalue weighted by Gasteiger charge is 2.22. The van der Waals surface area contributed by atoms with Crippen molar-refractivity contribution in [2.75, 3.05) is 12.4 Å². The fraction of sp³-hybridized carbons (Fsp3) is 0.250. The molecule has 0 atom stereocenters. The van der Waals surface area contributed by atoms with Gasteiger partial charge in [0.05, 0.1) is 24.1 Å². The number of anilines is 1. The van der Waals surface area contributed by atoms with E-state index in [0.29, 0.717) is 12.3 Å². The monoisotopic (exact) mass is 466 g/mol. The van der Waals surface area contributed by atoms with Crippen LogP contribution in [0.15, 0.2) is 33.4 Å². The number of aryl methyl sites for hydroxylation is 1. The van der Waals surface area contributed by atoms with E-state index in [9.17, 15) is 19.7 Å². The number of esters is 1. The second kappa shape index (κ2) is 8.26. The van der Waals surface area contributed by atoms with E-state index in [0.717, 1.165) is 0 Å². The van der Waals surface area contributed by atoms with Crippen LogP contribution in [0.1, 0.15) is 33.7 Å². The van der Waals surface area contributed by atoms with Gasteiger partial charge >= 0.3 is 11.8 Å². The zero-order valence-electron chi connectivity index (χ0n) is 15.3. The second-order valence-corrected chi connectivity index (χ2v) is 6.57. The van der Waals surface area contributed by atoms with Crippen molar-refractivity contribution in [3.05, 3.63) is 56.3 Å². The van der Waals surface area contributed by atoms with Crippen LogP contribution < -0.4 is 5.32 Å². The molecule has 1 amide bonds.